The molecule has 168 valence electrons. The third-order valence-corrected chi connectivity index (χ3v) is 7.47. The molecule has 1 N–H and O–H groups in total. The van der Waals surface area contributed by atoms with E-state index in [0.29, 0.717) is 45.8 Å². The van der Waals surface area contributed by atoms with Crippen molar-refractivity contribution in [1.29, 1.82) is 0 Å². The minimum Gasteiger partial charge on any atom is -0.486 e. The van der Waals surface area contributed by atoms with E-state index in [1.54, 1.807) is 32.2 Å². The molecule has 0 spiro atoms. The zero-order valence-corrected chi connectivity index (χ0v) is 19.7. The summed E-state index contributed by atoms with van der Waals surface area (Å²) < 4.78 is 12.6. The molecule has 9 heteroatoms. The van der Waals surface area contributed by atoms with E-state index in [1.165, 1.54) is 27.7 Å². The highest BCUT2D eigenvalue weighted by Gasteiger charge is 2.21. The zero-order valence-electron chi connectivity index (χ0n) is 18.0. The van der Waals surface area contributed by atoms with Crippen LogP contribution in [0.15, 0.2) is 64.5 Å². The van der Waals surface area contributed by atoms with Crippen LogP contribution in [-0.4, -0.2) is 33.9 Å². The fourth-order valence-electron chi connectivity index (χ4n) is 3.47. The summed E-state index contributed by atoms with van der Waals surface area (Å²) in [7, 11) is 1.68. The van der Waals surface area contributed by atoms with Gasteiger partial charge < -0.3 is 14.8 Å². The van der Waals surface area contributed by atoms with E-state index in [4.69, 9.17) is 14.5 Å². The molecule has 1 atom stereocenters. The molecule has 1 unspecified atom stereocenters. The Morgan fingerprint density at radius 1 is 1.12 bits per heavy atom. The van der Waals surface area contributed by atoms with Crippen LogP contribution < -0.4 is 20.3 Å². The average molecular weight is 480 g/mol. The lowest BCUT2D eigenvalue weighted by Gasteiger charge is -2.19. The summed E-state index contributed by atoms with van der Waals surface area (Å²) in [6, 6.07) is 17.1. The van der Waals surface area contributed by atoms with Gasteiger partial charge in [-0.2, -0.15) is 0 Å². The van der Waals surface area contributed by atoms with E-state index in [-0.39, 0.29) is 11.5 Å². The molecule has 0 saturated heterocycles. The van der Waals surface area contributed by atoms with Crippen LogP contribution in [-0.2, 0) is 11.8 Å². The Balaban J connectivity index is 1.36. The van der Waals surface area contributed by atoms with Crippen molar-refractivity contribution >= 4 is 44.9 Å². The number of benzene rings is 2. The molecule has 0 saturated carbocycles. The Hall–Kier alpha value is -3.30. The van der Waals surface area contributed by atoms with Crippen molar-refractivity contribution < 1.29 is 14.3 Å². The molecule has 2 aromatic heterocycles. The van der Waals surface area contributed by atoms with Gasteiger partial charge in [0.2, 0.25) is 5.91 Å². The lowest BCUT2D eigenvalue weighted by molar-refractivity contribution is -0.115. The second-order valence-electron chi connectivity index (χ2n) is 7.56. The quantitative estimate of drug-likeness (QED) is 0.334. The number of anilines is 1. The number of amides is 1. The van der Waals surface area contributed by atoms with Gasteiger partial charge in [-0.3, -0.25) is 14.2 Å². The van der Waals surface area contributed by atoms with Crippen LogP contribution >= 0.6 is 23.1 Å². The van der Waals surface area contributed by atoms with Gasteiger partial charge in [0.25, 0.3) is 5.56 Å². The van der Waals surface area contributed by atoms with E-state index in [0.717, 1.165) is 10.4 Å². The number of nitrogens with zero attached hydrogens (tertiary/aromatic N) is 2. The van der Waals surface area contributed by atoms with Gasteiger partial charge in [0, 0.05) is 23.7 Å². The summed E-state index contributed by atoms with van der Waals surface area (Å²) in [6.45, 7) is 2.78. The highest BCUT2D eigenvalue weighted by Crippen LogP contribution is 2.34. The number of rotatable bonds is 5. The normalized spacial score (nSPS) is 13.6. The van der Waals surface area contributed by atoms with Gasteiger partial charge >= 0.3 is 0 Å². The number of nitrogens with one attached hydrogen (secondary N) is 1. The molecule has 0 aliphatic carbocycles. The third kappa shape index (κ3) is 4.34. The number of thiophene rings is 1. The molecular formula is C24H21N3O4S2. The second-order valence-corrected chi connectivity index (χ2v) is 9.90. The first-order valence-corrected chi connectivity index (χ1v) is 12.1. The van der Waals surface area contributed by atoms with E-state index >= 15 is 0 Å². The van der Waals surface area contributed by atoms with Crippen molar-refractivity contribution in [1.82, 2.24) is 9.55 Å². The maximum Gasteiger partial charge on any atom is 0.262 e. The molecule has 5 rings (SSSR count). The molecule has 0 fully saturated rings. The molecule has 0 bridgehead atoms. The Kier molecular flexibility index (Phi) is 5.82. The average Bonchev–Trinajstić information content (AvgIpc) is 3.27. The topological polar surface area (TPSA) is 82.5 Å². The first-order chi connectivity index (χ1) is 16.0. The number of carbonyl (C=O) groups is 1. The van der Waals surface area contributed by atoms with Crippen molar-refractivity contribution in [3.05, 3.63) is 65.0 Å². The molecule has 0 radical (unpaired) electrons. The largest absolute Gasteiger partial charge is 0.486 e. The molecule has 1 aliphatic heterocycles. The lowest BCUT2D eigenvalue weighted by atomic mass is 10.2. The molecule has 33 heavy (non-hydrogen) atoms. The van der Waals surface area contributed by atoms with E-state index in [1.807, 2.05) is 36.4 Å². The van der Waals surface area contributed by atoms with E-state index in [2.05, 4.69) is 5.32 Å². The number of hydrogen-bond donors (Lipinski definition) is 1. The minimum absolute atomic E-state index is 0.125. The SMILES string of the molecule is CC(Sc1nc2sc(-c3ccccc3)cc2c(=O)n1C)C(=O)Nc1ccc2c(c1)OCCO2. The maximum atomic E-state index is 13.0. The van der Waals surface area contributed by atoms with Gasteiger partial charge in [0.15, 0.2) is 16.7 Å². The highest BCUT2D eigenvalue weighted by molar-refractivity contribution is 8.00. The van der Waals surface area contributed by atoms with E-state index < -0.39 is 5.25 Å². The molecule has 3 heterocycles. The van der Waals surface area contributed by atoms with Gasteiger partial charge in [0.1, 0.15) is 18.0 Å². The standard InChI is InChI=1S/C24H21N3O4S2/c1-14(21(28)25-16-8-9-18-19(12-16)31-11-10-30-18)32-24-26-22-17(23(29)27(24)2)13-20(33-22)15-6-4-3-5-7-15/h3-9,12-14H,10-11H2,1-2H3,(H,25,28). The van der Waals surface area contributed by atoms with Gasteiger partial charge in [-0.05, 0) is 30.7 Å². The summed E-state index contributed by atoms with van der Waals surface area (Å²) in [5.41, 5.74) is 1.55. The third-order valence-electron chi connectivity index (χ3n) is 5.25. The summed E-state index contributed by atoms with van der Waals surface area (Å²) in [5, 5.41) is 3.51. The summed E-state index contributed by atoms with van der Waals surface area (Å²) in [6.07, 6.45) is 0. The van der Waals surface area contributed by atoms with Crippen LogP contribution in [0, 0.1) is 0 Å². The molecule has 1 amide bonds. The lowest BCUT2D eigenvalue weighted by Crippen LogP contribution is -2.25. The maximum absolute atomic E-state index is 13.0. The molecule has 7 nitrogen and oxygen atoms in total. The molecule has 2 aromatic carbocycles. The summed E-state index contributed by atoms with van der Waals surface area (Å²) in [5.74, 6) is 1.09. The van der Waals surface area contributed by atoms with Crippen molar-refractivity contribution in [3.8, 4) is 21.9 Å². The smallest absolute Gasteiger partial charge is 0.262 e. The van der Waals surface area contributed by atoms with Gasteiger partial charge in [-0.1, -0.05) is 42.1 Å². The van der Waals surface area contributed by atoms with Gasteiger partial charge in [-0.25, -0.2) is 4.98 Å². The van der Waals surface area contributed by atoms with Gasteiger partial charge in [-0.15, -0.1) is 11.3 Å². The molecule has 4 aromatic rings. The van der Waals surface area contributed by atoms with Crippen molar-refractivity contribution in [2.24, 2.45) is 7.05 Å². The predicted octanol–water partition coefficient (Wildman–Crippen LogP) is 4.55. The number of hydrogen-bond acceptors (Lipinski definition) is 7. The van der Waals surface area contributed by atoms with Crippen molar-refractivity contribution in [2.75, 3.05) is 18.5 Å². The van der Waals surface area contributed by atoms with Gasteiger partial charge in [0.05, 0.1) is 10.6 Å². The predicted molar refractivity (Wildman–Crippen MR) is 132 cm³/mol. The van der Waals surface area contributed by atoms with Crippen LogP contribution in [0.3, 0.4) is 0 Å². The van der Waals surface area contributed by atoms with Crippen LogP contribution in [0.1, 0.15) is 6.92 Å². The summed E-state index contributed by atoms with van der Waals surface area (Å²) in [4.78, 5) is 32.1. The first kappa shape index (κ1) is 21.5. The Morgan fingerprint density at radius 2 is 1.88 bits per heavy atom. The van der Waals surface area contributed by atoms with Crippen LogP contribution in [0.25, 0.3) is 20.7 Å². The fourth-order valence-corrected chi connectivity index (χ4v) is 5.43. The van der Waals surface area contributed by atoms with Crippen molar-refractivity contribution in [3.63, 3.8) is 0 Å². The number of aromatic nitrogens is 2. The Morgan fingerprint density at radius 3 is 2.67 bits per heavy atom. The Bertz CT molecular complexity index is 1400. The zero-order chi connectivity index (χ0) is 22.9. The Labute approximate surface area is 198 Å². The second kappa shape index (κ2) is 8.92. The van der Waals surface area contributed by atoms with E-state index in [9.17, 15) is 9.59 Å². The van der Waals surface area contributed by atoms with Crippen LogP contribution in [0.5, 0.6) is 11.5 Å². The molecule has 1 aliphatic rings. The van der Waals surface area contributed by atoms with Crippen LogP contribution in [0.2, 0.25) is 0 Å². The minimum atomic E-state index is -0.470. The highest BCUT2D eigenvalue weighted by atomic mass is 32.2. The number of fused-ring (bicyclic) bond motifs is 2. The number of ether oxygens (including phenoxy) is 2. The molecular weight excluding hydrogens is 458 g/mol. The summed E-state index contributed by atoms with van der Waals surface area (Å²) >= 11 is 2.73. The number of thioether (sulfide) groups is 1. The van der Waals surface area contributed by atoms with Crippen molar-refractivity contribution in [2.45, 2.75) is 17.3 Å². The monoisotopic (exact) mass is 479 g/mol. The van der Waals surface area contributed by atoms with Crippen LogP contribution in [0.4, 0.5) is 5.69 Å². The first-order valence-electron chi connectivity index (χ1n) is 10.4. The fraction of sp³-hybridized carbons (Fsp3) is 0.208. The number of carbonyl (C=O) groups excluding carboxylic acids is 1.